The Balaban J connectivity index is 2.09. The molecule has 1 aromatic rings. The van der Waals surface area contributed by atoms with Crippen molar-refractivity contribution in [2.24, 2.45) is 0 Å². The number of nitrogens with two attached hydrogens (primary N) is 1. The molecule has 0 aromatic carbocycles. The summed E-state index contributed by atoms with van der Waals surface area (Å²) in [5.41, 5.74) is 6.01. The van der Waals surface area contributed by atoms with Gasteiger partial charge in [0.05, 0.1) is 0 Å². The maximum atomic E-state index is 11.9. The SMILES string of the molecule is CN1CCC(NS(=O)(=O)c2cc(N)cs2)C1. The van der Waals surface area contributed by atoms with Gasteiger partial charge >= 0.3 is 0 Å². The molecule has 1 unspecified atom stereocenters. The molecule has 1 fully saturated rings. The maximum Gasteiger partial charge on any atom is 0.250 e. The van der Waals surface area contributed by atoms with Gasteiger partial charge in [-0.3, -0.25) is 0 Å². The van der Waals surface area contributed by atoms with E-state index >= 15 is 0 Å². The summed E-state index contributed by atoms with van der Waals surface area (Å²) in [5.74, 6) is 0. The Morgan fingerprint density at radius 1 is 1.62 bits per heavy atom. The zero-order valence-corrected chi connectivity index (χ0v) is 10.6. The Morgan fingerprint density at radius 2 is 2.38 bits per heavy atom. The molecule has 1 aromatic heterocycles. The van der Waals surface area contributed by atoms with E-state index in [0.717, 1.165) is 30.8 Å². The van der Waals surface area contributed by atoms with Crippen LogP contribution in [0.4, 0.5) is 5.69 Å². The molecular weight excluding hydrogens is 246 g/mol. The summed E-state index contributed by atoms with van der Waals surface area (Å²) in [7, 11) is -1.40. The average molecular weight is 261 g/mol. The van der Waals surface area contributed by atoms with Gasteiger partial charge in [0.25, 0.3) is 0 Å². The van der Waals surface area contributed by atoms with Crippen molar-refractivity contribution in [3.8, 4) is 0 Å². The van der Waals surface area contributed by atoms with Crippen LogP contribution in [-0.2, 0) is 10.0 Å². The van der Waals surface area contributed by atoms with Crippen LogP contribution in [0.15, 0.2) is 15.7 Å². The van der Waals surface area contributed by atoms with Crippen LogP contribution in [0.5, 0.6) is 0 Å². The fraction of sp³-hybridized carbons (Fsp3) is 0.556. The number of likely N-dealkylation sites (N-methyl/N-ethyl adjacent to an activating group) is 1. The van der Waals surface area contributed by atoms with Crippen LogP contribution in [0.25, 0.3) is 0 Å². The number of rotatable bonds is 3. The summed E-state index contributed by atoms with van der Waals surface area (Å²) < 4.78 is 26.9. The first-order valence-corrected chi connectivity index (χ1v) is 7.38. The molecule has 1 saturated heterocycles. The number of likely N-dealkylation sites (tertiary alicyclic amines) is 1. The third-order valence-corrected chi connectivity index (χ3v) is 5.55. The van der Waals surface area contributed by atoms with Crippen molar-refractivity contribution in [2.75, 3.05) is 25.9 Å². The topological polar surface area (TPSA) is 75.4 Å². The lowest BCUT2D eigenvalue weighted by atomic mass is 10.3. The molecule has 16 heavy (non-hydrogen) atoms. The molecule has 0 saturated carbocycles. The number of thiophene rings is 1. The molecule has 2 heterocycles. The number of hydrogen-bond acceptors (Lipinski definition) is 5. The maximum absolute atomic E-state index is 11.9. The molecule has 3 N–H and O–H groups in total. The first-order valence-electron chi connectivity index (χ1n) is 5.02. The highest BCUT2D eigenvalue weighted by Gasteiger charge is 2.26. The first-order chi connectivity index (χ1) is 7.47. The fourth-order valence-corrected chi connectivity index (χ4v) is 4.14. The highest BCUT2D eigenvalue weighted by atomic mass is 32.2. The Labute approximate surface area is 99.3 Å². The van der Waals surface area contributed by atoms with E-state index in [1.165, 1.54) is 6.07 Å². The summed E-state index contributed by atoms with van der Waals surface area (Å²) >= 11 is 1.15. The molecule has 90 valence electrons. The number of nitrogens with zero attached hydrogens (tertiary/aromatic N) is 1. The Hall–Kier alpha value is -0.630. The largest absolute Gasteiger partial charge is 0.398 e. The molecular formula is C9H15N3O2S2. The normalized spacial score (nSPS) is 22.7. The van der Waals surface area contributed by atoms with Crippen molar-refractivity contribution < 1.29 is 8.42 Å². The average Bonchev–Trinajstić information content (AvgIpc) is 2.75. The van der Waals surface area contributed by atoms with Gasteiger partial charge in [0.1, 0.15) is 4.21 Å². The van der Waals surface area contributed by atoms with Gasteiger partial charge in [-0.05, 0) is 26.1 Å². The Bertz CT molecular complexity index is 469. The highest BCUT2D eigenvalue weighted by molar-refractivity contribution is 7.91. The second-order valence-corrected chi connectivity index (χ2v) is 6.92. The summed E-state index contributed by atoms with van der Waals surface area (Å²) in [5, 5.41) is 1.63. The zero-order valence-electron chi connectivity index (χ0n) is 9.01. The third-order valence-electron chi connectivity index (χ3n) is 2.57. The molecule has 0 radical (unpaired) electrons. The van der Waals surface area contributed by atoms with E-state index in [-0.39, 0.29) is 6.04 Å². The van der Waals surface area contributed by atoms with E-state index in [1.54, 1.807) is 5.38 Å². The minimum absolute atomic E-state index is 0.0123. The molecule has 0 spiro atoms. The predicted molar refractivity (Wildman–Crippen MR) is 65.0 cm³/mol. The number of anilines is 1. The molecule has 0 aliphatic carbocycles. The van der Waals surface area contributed by atoms with Crippen molar-refractivity contribution in [1.82, 2.24) is 9.62 Å². The van der Waals surface area contributed by atoms with Crippen LogP contribution >= 0.6 is 11.3 Å². The highest BCUT2D eigenvalue weighted by Crippen LogP contribution is 2.22. The molecule has 2 rings (SSSR count). The number of nitrogens with one attached hydrogen (secondary N) is 1. The smallest absolute Gasteiger partial charge is 0.250 e. The van der Waals surface area contributed by atoms with Gasteiger partial charge < -0.3 is 10.6 Å². The molecule has 5 nitrogen and oxygen atoms in total. The fourth-order valence-electron chi connectivity index (χ4n) is 1.78. The van der Waals surface area contributed by atoms with Gasteiger partial charge in [-0.25, -0.2) is 13.1 Å². The minimum atomic E-state index is -3.38. The quantitative estimate of drug-likeness (QED) is 0.821. The van der Waals surface area contributed by atoms with Crippen molar-refractivity contribution >= 4 is 27.0 Å². The van der Waals surface area contributed by atoms with Crippen LogP contribution in [-0.4, -0.2) is 39.5 Å². The molecule has 0 bridgehead atoms. The van der Waals surface area contributed by atoms with Gasteiger partial charge in [-0.2, -0.15) is 0 Å². The molecule has 1 aliphatic heterocycles. The van der Waals surface area contributed by atoms with Gasteiger partial charge in [-0.1, -0.05) is 0 Å². The van der Waals surface area contributed by atoms with Crippen LogP contribution in [0.1, 0.15) is 6.42 Å². The van der Waals surface area contributed by atoms with Gasteiger partial charge in [-0.15, -0.1) is 11.3 Å². The zero-order chi connectivity index (χ0) is 11.8. The van der Waals surface area contributed by atoms with Gasteiger partial charge in [0, 0.05) is 23.7 Å². The van der Waals surface area contributed by atoms with Crippen LogP contribution in [0.2, 0.25) is 0 Å². The molecule has 7 heteroatoms. The molecule has 1 aliphatic rings. The van der Waals surface area contributed by atoms with Crippen LogP contribution in [0, 0.1) is 0 Å². The van der Waals surface area contributed by atoms with Crippen molar-refractivity contribution in [3.05, 3.63) is 11.4 Å². The van der Waals surface area contributed by atoms with Crippen molar-refractivity contribution in [3.63, 3.8) is 0 Å². The minimum Gasteiger partial charge on any atom is -0.398 e. The number of sulfonamides is 1. The van der Waals surface area contributed by atoms with Crippen LogP contribution < -0.4 is 10.5 Å². The second-order valence-electron chi connectivity index (χ2n) is 4.07. The summed E-state index contributed by atoms with van der Waals surface area (Å²) in [6.45, 7) is 1.69. The second kappa shape index (κ2) is 4.33. The lowest BCUT2D eigenvalue weighted by Crippen LogP contribution is -2.36. The van der Waals surface area contributed by atoms with Crippen molar-refractivity contribution in [2.45, 2.75) is 16.7 Å². The van der Waals surface area contributed by atoms with Gasteiger partial charge in [0.2, 0.25) is 10.0 Å². The number of hydrogen-bond donors (Lipinski definition) is 2. The lowest BCUT2D eigenvalue weighted by Gasteiger charge is -2.11. The Kier molecular flexibility index (Phi) is 3.20. The predicted octanol–water partition coefficient (Wildman–Crippen LogP) is 0.313. The third kappa shape index (κ3) is 2.54. The number of nitrogen functional groups attached to an aromatic ring is 1. The van der Waals surface area contributed by atoms with E-state index in [9.17, 15) is 8.42 Å². The Morgan fingerprint density at radius 3 is 2.88 bits per heavy atom. The van der Waals surface area contributed by atoms with Crippen molar-refractivity contribution in [1.29, 1.82) is 0 Å². The van der Waals surface area contributed by atoms with Crippen LogP contribution in [0.3, 0.4) is 0 Å². The molecule has 1 atom stereocenters. The van der Waals surface area contributed by atoms with Gasteiger partial charge in [0.15, 0.2) is 0 Å². The standard InChI is InChI=1S/C9H15N3O2S2/c1-12-3-2-8(5-12)11-16(13,14)9-4-7(10)6-15-9/h4,6,8,11H,2-3,5,10H2,1H3. The monoisotopic (exact) mass is 261 g/mol. The summed E-state index contributed by atoms with van der Waals surface area (Å²) in [6.07, 6.45) is 0.858. The molecule has 0 amide bonds. The van der Waals surface area contributed by atoms with E-state index in [4.69, 9.17) is 5.73 Å². The summed E-state index contributed by atoms with van der Waals surface area (Å²) in [4.78, 5) is 2.11. The summed E-state index contributed by atoms with van der Waals surface area (Å²) in [6, 6.07) is 1.50. The van der Waals surface area contributed by atoms with E-state index < -0.39 is 10.0 Å². The first kappa shape index (κ1) is 11.8. The van der Waals surface area contributed by atoms with E-state index in [1.807, 2.05) is 7.05 Å². The lowest BCUT2D eigenvalue weighted by molar-refractivity contribution is 0.407. The van der Waals surface area contributed by atoms with E-state index in [2.05, 4.69) is 9.62 Å². The van der Waals surface area contributed by atoms with E-state index in [0.29, 0.717) is 9.90 Å².